The van der Waals surface area contributed by atoms with Crippen molar-refractivity contribution in [3.63, 3.8) is 0 Å². The fourth-order valence-electron chi connectivity index (χ4n) is 4.88. The lowest BCUT2D eigenvalue weighted by molar-refractivity contribution is -0.130. The summed E-state index contributed by atoms with van der Waals surface area (Å²) < 4.78 is 0. The number of nitrogens with one attached hydrogen (secondary N) is 2. The molecular weight excluding hydrogens is 448 g/mol. The maximum absolute atomic E-state index is 12.7. The number of amides is 2. The Morgan fingerprint density at radius 3 is 1.44 bits per heavy atom. The Kier molecular flexibility index (Phi) is 10.6. The Bertz CT molecular complexity index is 876. The van der Waals surface area contributed by atoms with Gasteiger partial charge in [-0.1, -0.05) is 30.7 Å². The second-order valence-electron chi connectivity index (χ2n) is 10.5. The van der Waals surface area contributed by atoms with Crippen molar-refractivity contribution in [3.05, 3.63) is 59.7 Å². The number of carbonyl (C=O) groups is 2. The minimum Gasteiger partial charge on any atom is -0.378 e. The number of hydrogen-bond acceptors (Lipinski definition) is 4. The Labute approximate surface area is 217 Å². The van der Waals surface area contributed by atoms with Crippen LogP contribution >= 0.6 is 0 Å². The largest absolute Gasteiger partial charge is 0.378 e. The smallest absolute Gasteiger partial charge is 0.223 e. The molecule has 0 saturated heterocycles. The molecule has 1 fully saturated rings. The van der Waals surface area contributed by atoms with Gasteiger partial charge in [0.2, 0.25) is 11.8 Å². The Morgan fingerprint density at radius 1 is 0.694 bits per heavy atom. The average Bonchev–Trinajstić information content (AvgIpc) is 2.89. The van der Waals surface area contributed by atoms with Gasteiger partial charge in [0, 0.05) is 64.5 Å². The van der Waals surface area contributed by atoms with Crippen molar-refractivity contribution in [1.29, 1.82) is 0 Å². The molecule has 6 heteroatoms. The Balaban J connectivity index is 1.32. The van der Waals surface area contributed by atoms with Crippen LogP contribution in [0.3, 0.4) is 0 Å². The molecule has 2 aromatic carbocycles. The van der Waals surface area contributed by atoms with Gasteiger partial charge in [-0.25, -0.2) is 0 Å². The van der Waals surface area contributed by atoms with Crippen molar-refractivity contribution in [1.82, 2.24) is 10.6 Å². The molecule has 3 rings (SSSR count). The number of benzene rings is 2. The van der Waals surface area contributed by atoms with E-state index in [1.807, 2.05) is 28.2 Å². The molecule has 196 valence electrons. The summed E-state index contributed by atoms with van der Waals surface area (Å²) in [6, 6.07) is 17.1. The highest BCUT2D eigenvalue weighted by Crippen LogP contribution is 2.29. The number of aryl methyl sites for hydroxylation is 2. The van der Waals surface area contributed by atoms with Crippen molar-refractivity contribution in [2.75, 3.05) is 51.1 Å². The number of anilines is 2. The summed E-state index contributed by atoms with van der Waals surface area (Å²) in [6.45, 7) is 1.36. The van der Waals surface area contributed by atoms with Gasteiger partial charge in [-0.15, -0.1) is 0 Å². The summed E-state index contributed by atoms with van der Waals surface area (Å²) in [5.41, 5.74) is 4.96. The summed E-state index contributed by atoms with van der Waals surface area (Å²) in [5.74, 6) is 0.112. The predicted molar refractivity (Wildman–Crippen MR) is 150 cm³/mol. The van der Waals surface area contributed by atoms with Crippen molar-refractivity contribution >= 4 is 23.2 Å². The first-order chi connectivity index (χ1) is 17.3. The third-order valence-electron chi connectivity index (χ3n) is 7.20. The highest BCUT2D eigenvalue weighted by Gasteiger charge is 2.30. The molecule has 0 aromatic heterocycles. The van der Waals surface area contributed by atoms with Crippen LogP contribution in [0.4, 0.5) is 11.4 Å². The molecule has 2 atom stereocenters. The van der Waals surface area contributed by atoms with Crippen LogP contribution in [-0.2, 0) is 22.4 Å². The normalized spacial score (nSPS) is 17.3. The van der Waals surface area contributed by atoms with Crippen LogP contribution in [0.25, 0.3) is 0 Å². The molecule has 2 amide bonds. The quantitative estimate of drug-likeness (QED) is 0.431. The topological polar surface area (TPSA) is 64.7 Å². The minimum atomic E-state index is -0.0518. The Morgan fingerprint density at radius 2 is 1.08 bits per heavy atom. The van der Waals surface area contributed by atoms with E-state index in [1.54, 1.807) is 0 Å². The number of rotatable bonds is 12. The van der Waals surface area contributed by atoms with Crippen LogP contribution in [-0.4, -0.2) is 53.1 Å². The van der Waals surface area contributed by atoms with E-state index in [2.05, 4.69) is 69.0 Å². The third-order valence-corrected chi connectivity index (χ3v) is 7.20. The molecule has 0 spiro atoms. The van der Waals surface area contributed by atoms with Crippen molar-refractivity contribution in [2.45, 2.75) is 51.4 Å². The average molecular weight is 493 g/mol. The third kappa shape index (κ3) is 8.58. The van der Waals surface area contributed by atoms with Gasteiger partial charge in [0.25, 0.3) is 0 Å². The zero-order valence-electron chi connectivity index (χ0n) is 22.6. The van der Waals surface area contributed by atoms with Gasteiger partial charge in [0.15, 0.2) is 0 Å². The summed E-state index contributed by atoms with van der Waals surface area (Å²) in [6.07, 6.45) is 7.09. The Hall–Kier alpha value is -3.02. The van der Waals surface area contributed by atoms with Gasteiger partial charge in [-0.3, -0.25) is 9.59 Å². The summed E-state index contributed by atoms with van der Waals surface area (Å²) in [7, 11) is 8.15. The molecule has 1 saturated carbocycles. The van der Waals surface area contributed by atoms with E-state index >= 15 is 0 Å². The minimum absolute atomic E-state index is 0.0518. The van der Waals surface area contributed by atoms with Crippen LogP contribution in [0, 0.1) is 11.8 Å². The number of hydrogen-bond donors (Lipinski definition) is 2. The lowest BCUT2D eigenvalue weighted by atomic mass is 9.80. The van der Waals surface area contributed by atoms with E-state index in [4.69, 9.17) is 0 Å². The first-order valence-corrected chi connectivity index (χ1v) is 13.4. The second-order valence-corrected chi connectivity index (χ2v) is 10.5. The van der Waals surface area contributed by atoms with Crippen LogP contribution in [0.1, 0.15) is 49.7 Å². The van der Waals surface area contributed by atoms with E-state index in [0.29, 0.717) is 19.5 Å². The molecule has 0 aliphatic heterocycles. The molecule has 1 aliphatic rings. The molecule has 6 nitrogen and oxygen atoms in total. The standard InChI is InChI=1S/C30H44N4O2/c1-33(2)27-16-12-23(13-17-27)8-6-20-31-29(35)25-10-5-11-26(22-25)30(36)32-21-7-9-24-14-18-28(19-15-24)34(3)4/h12-19,25-26H,5-11,20-22H2,1-4H3,(H,31,35)(H,32,36). The van der Waals surface area contributed by atoms with E-state index < -0.39 is 0 Å². The van der Waals surface area contributed by atoms with E-state index in [9.17, 15) is 9.59 Å². The number of nitrogens with zero attached hydrogens (tertiary/aromatic N) is 2. The zero-order chi connectivity index (χ0) is 25.9. The second kappa shape index (κ2) is 13.9. The van der Waals surface area contributed by atoms with Gasteiger partial charge in [0.1, 0.15) is 0 Å². The van der Waals surface area contributed by atoms with Gasteiger partial charge in [-0.2, -0.15) is 0 Å². The van der Waals surface area contributed by atoms with Crippen LogP contribution in [0.2, 0.25) is 0 Å². The lowest BCUT2D eigenvalue weighted by Gasteiger charge is -2.27. The van der Waals surface area contributed by atoms with Crippen LogP contribution < -0.4 is 20.4 Å². The molecule has 0 heterocycles. The predicted octanol–water partition coefficient (Wildman–Crippen LogP) is 4.42. The number of carbonyl (C=O) groups excluding carboxylic acids is 2. The highest BCUT2D eigenvalue weighted by molar-refractivity contribution is 5.82. The van der Waals surface area contributed by atoms with Gasteiger partial charge < -0.3 is 20.4 Å². The van der Waals surface area contributed by atoms with Crippen molar-refractivity contribution in [2.24, 2.45) is 11.8 Å². The van der Waals surface area contributed by atoms with Gasteiger partial charge >= 0.3 is 0 Å². The van der Waals surface area contributed by atoms with E-state index in [1.165, 1.54) is 22.5 Å². The molecule has 0 radical (unpaired) electrons. The molecule has 1 aliphatic carbocycles. The zero-order valence-corrected chi connectivity index (χ0v) is 22.6. The first-order valence-electron chi connectivity index (χ1n) is 13.4. The molecule has 2 unspecified atom stereocenters. The van der Waals surface area contributed by atoms with Crippen LogP contribution in [0.15, 0.2) is 48.5 Å². The SMILES string of the molecule is CN(C)c1ccc(CCCNC(=O)C2CCCC(C(=O)NCCCc3ccc(N(C)C)cc3)C2)cc1. The molecular formula is C30H44N4O2. The van der Waals surface area contributed by atoms with Gasteiger partial charge in [0.05, 0.1) is 0 Å². The molecule has 2 aromatic rings. The maximum atomic E-state index is 12.7. The fourth-order valence-corrected chi connectivity index (χ4v) is 4.88. The van der Waals surface area contributed by atoms with Gasteiger partial charge in [-0.05, 0) is 80.3 Å². The fraction of sp³-hybridized carbons (Fsp3) is 0.533. The van der Waals surface area contributed by atoms with Crippen molar-refractivity contribution < 1.29 is 9.59 Å². The maximum Gasteiger partial charge on any atom is 0.223 e. The monoisotopic (exact) mass is 492 g/mol. The van der Waals surface area contributed by atoms with Crippen molar-refractivity contribution in [3.8, 4) is 0 Å². The molecule has 0 bridgehead atoms. The lowest BCUT2D eigenvalue weighted by Crippen LogP contribution is -2.39. The van der Waals surface area contributed by atoms with E-state index in [0.717, 1.165) is 44.9 Å². The molecule has 2 N–H and O–H groups in total. The van der Waals surface area contributed by atoms with Crippen LogP contribution in [0.5, 0.6) is 0 Å². The summed E-state index contributed by atoms with van der Waals surface area (Å²) >= 11 is 0. The summed E-state index contributed by atoms with van der Waals surface area (Å²) in [4.78, 5) is 29.6. The van der Waals surface area contributed by atoms with E-state index in [-0.39, 0.29) is 23.7 Å². The first kappa shape index (κ1) is 27.6. The highest BCUT2D eigenvalue weighted by atomic mass is 16.2. The summed E-state index contributed by atoms with van der Waals surface area (Å²) in [5, 5.41) is 6.22. The molecule has 36 heavy (non-hydrogen) atoms.